The van der Waals surface area contributed by atoms with Crippen LogP contribution in [0.1, 0.15) is 25.3 Å². The lowest BCUT2D eigenvalue weighted by atomic mass is 10.1. The molecule has 0 heterocycles. The van der Waals surface area contributed by atoms with Crippen molar-refractivity contribution >= 4 is 5.69 Å². The first-order valence-corrected chi connectivity index (χ1v) is 6.34. The molecule has 0 aliphatic heterocycles. The molecule has 2 N–H and O–H groups in total. The lowest BCUT2D eigenvalue weighted by Crippen LogP contribution is -2.30. The average molecular weight is 236 g/mol. The Labute approximate surface area is 103 Å². The highest BCUT2D eigenvalue weighted by molar-refractivity contribution is 5.49. The number of hydrogen-bond acceptors (Lipinski definition) is 2. The van der Waals surface area contributed by atoms with Gasteiger partial charge in [0.15, 0.2) is 0 Å². The normalized spacial score (nSPS) is 16.9. The molecule has 0 amide bonds. The van der Waals surface area contributed by atoms with E-state index in [1.807, 2.05) is 7.05 Å². The van der Waals surface area contributed by atoms with Crippen molar-refractivity contribution in [2.24, 2.45) is 11.7 Å². The molecule has 1 atom stereocenters. The maximum Gasteiger partial charge on any atom is 0.125 e. The third-order valence-electron chi connectivity index (χ3n) is 3.70. The Bertz CT molecular complexity index is 388. The van der Waals surface area contributed by atoms with Crippen LogP contribution in [-0.4, -0.2) is 19.6 Å². The predicted octanol–water partition coefficient (Wildman–Crippen LogP) is 2.56. The first kappa shape index (κ1) is 12.4. The van der Waals surface area contributed by atoms with Crippen molar-refractivity contribution in [2.45, 2.75) is 32.2 Å². The average Bonchev–Trinajstić information content (AvgIpc) is 3.10. The van der Waals surface area contributed by atoms with Gasteiger partial charge in [0.1, 0.15) is 5.82 Å². The molecule has 1 fully saturated rings. The summed E-state index contributed by atoms with van der Waals surface area (Å²) in [5, 5.41) is 0. The molecule has 0 aromatic heterocycles. The molecular formula is C14H21FN2. The fourth-order valence-corrected chi connectivity index (χ4v) is 2.28. The summed E-state index contributed by atoms with van der Waals surface area (Å²) in [4.78, 5) is 2.18. The molecule has 1 unspecified atom stereocenters. The number of rotatable bonds is 5. The van der Waals surface area contributed by atoms with Crippen LogP contribution in [0.3, 0.4) is 0 Å². The largest absolute Gasteiger partial charge is 0.372 e. The maximum atomic E-state index is 13.5. The zero-order chi connectivity index (χ0) is 12.4. The minimum absolute atomic E-state index is 0.166. The van der Waals surface area contributed by atoms with Gasteiger partial charge in [0.25, 0.3) is 0 Å². The minimum atomic E-state index is -0.166. The third kappa shape index (κ3) is 2.97. The number of nitrogens with two attached hydrogens (primary N) is 1. The topological polar surface area (TPSA) is 29.3 Å². The fraction of sp³-hybridized carbons (Fsp3) is 0.571. The Kier molecular flexibility index (Phi) is 3.67. The Morgan fingerprint density at radius 1 is 1.41 bits per heavy atom. The monoisotopic (exact) mass is 236 g/mol. The number of halogens is 1. The maximum absolute atomic E-state index is 13.5. The van der Waals surface area contributed by atoms with Crippen LogP contribution in [0.25, 0.3) is 0 Å². The molecule has 1 aliphatic rings. The summed E-state index contributed by atoms with van der Waals surface area (Å²) >= 11 is 0. The van der Waals surface area contributed by atoms with Gasteiger partial charge in [0, 0.05) is 18.8 Å². The standard InChI is InChI=1S/C14H21FN2/c1-10(12-3-4-12)17(2)14-8-11(5-6-16)7-13(15)9-14/h7-10,12H,3-6,16H2,1-2H3. The summed E-state index contributed by atoms with van der Waals surface area (Å²) in [7, 11) is 2.05. The van der Waals surface area contributed by atoms with E-state index in [9.17, 15) is 4.39 Å². The van der Waals surface area contributed by atoms with Gasteiger partial charge in [0.05, 0.1) is 0 Å². The highest BCUT2D eigenvalue weighted by Crippen LogP contribution is 2.36. The van der Waals surface area contributed by atoms with Crippen molar-refractivity contribution in [1.82, 2.24) is 0 Å². The summed E-state index contributed by atoms with van der Waals surface area (Å²) in [6.45, 7) is 2.77. The third-order valence-corrected chi connectivity index (χ3v) is 3.70. The zero-order valence-corrected chi connectivity index (χ0v) is 10.6. The van der Waals surface area contributed by atoms with E-state index in [0.29, 0.717) is 12.6 Å². The molecule has 2 nitrogen and oxygen atoms in total. The van der Waals surface area contributed by atoms with Gasteiger partial charge < -0.3 is 10.6 Å². The summed E-state index contributed by atoms with van der Waals surface area (Å²) < 4.78 is 13.5. The van der Waals surface area contributed by atoms with Crippen molar-refractivity contribution < 1.29 is 4.39 Å². The van der Waals surface area contributed by atoms with Crippen molar-refractivity contribution in [1.29, 1.82) is 0 Å². The molecule has 2 rings (SSSR count). The molecule has 0 radical (unpaired) electrons. The minimum Gasteiger partial charge on any atom is -0.372 e. The fourth-order valence-electron chi connectivity index (χ4n) is 2.28. The molecule has 94 valence electrons. The van der Waals surface area contributed by atoms with Crippen LogP contribution >= 0.6 is 0 Å². The zero-order valence-electron chi connectivity index (χ0n) is 10.6. The van der Waals surface area contributed by atoms with Gasteiger partial charge in [-0.2, -0.15) is 0 Å². The smallest absolute Gasteiger partial charge is 0.125 e. The van der Waals surface area contributed by atoms with Gasteiger partial charge in [-0.25, -0.2) is 4.39 Å². The highest BCUT2D eigenvalue weighted by atomic mass is 19.1. The van der Waals surface area contributed by atoms with E-state index in [0.717, 1.165) is 23.6 Å². The number of anilines is 1. The Balaban J connectivity index is 2.18. The van der Waals surface area contributed by atoms with Crippen LogP contribution in [0.15, 0.2) is 18.2 Å². The van der Waals surface area contributed by atoms with E-state index in [2.05, 4.69) is 17.9 Å². The predicted molar refractivity (Wildman–Crippen MR) is 69.7 cm³/mol. The van der Waals surface area contributed by atoms with Gasteiger partial charge in [-0.1, -0.05) is 0 Å². The number of nitrogens with zero attached hydrogens (tertiary/aromatic N) is 1. The van der Waals surface area contributed by atoms with Crippen molar-refractivity contribution in [3.05, 3.63) is 29.6 Å². The van der Waals surface area contributed by atoms with Crippen LogP contribution in [-0.2, 0) is 6.42 Å². The second-order valence-corrected chi connectivity index (χ2v) is 5.05. The molecule has 0 saturated heterocycles. The van der Waals surface area contributed by atoms with Crippen molar-refractivity contribution in [2.75, 3.05) is 18.5 Å². The summed E-state index contributed by atoms with van der Waals surface area (Å²) in [5.41, 5.74) is 7.47. The van der Waals surface area contributed by atoms with Crippen LogP contribution in [0.5, 0.6) is 0 Å². The second-order valence-electron chi connectivity index (χ2n) is 5.05. The number of hydrogen-bond donors (Lipinski definition) is 1. The second kappa shape index (κ2) is 5.05. The molecule has 3 heteroatoms. The van der Waals surface area contributed by atoms with E-state index in [1.54, 1.807) is 12.1 Å². The Morgan fingerprint density at radius 3 is 2.71 bits per heavy atom. The molecule has 1 saturated carbocycles. The van der Waals surface area contributed by atoms with Crippen LogP contribution in [0.2, 0.25) is 0 Å². The molecule has 17 heavy (non-hydrogen) atoms. The molecule has 1 aliphatic carbocycles. The SMILES string of the molecule is CC(C1CC1)N(C)c1cc(F)cc(CCN)c1. The van der Waals surface area contributed by atoms with Crippen LogP contribution in [0, 0.1) is 11.7 Å². The van der Waals surface area contributed by atoms with Crippen molar-refractivity contribution in [3.8, 4) is 0 Å². The quantitative estimate of drug-likeness (QED) is 0.851. The first-order valence-electron chi connectivity index (χ1n) is 6.34. The van der Waals surface area contributed by atoms with Gasteiger partial charge in [-0.05, 0) is 62.4 Å². The van der Waals surface area contributed by atoms with Gasteiger partial charge >= 0.3 is 0 Å². The molecular weight excluding hydrogens is 215 g/mol. The Hall–Kier alpha value is -1.09. The first-order chi connectivity index (χ1) is 8.11. The summed E-state index contributed by atoms with van der Waals surface area (Å²) in [5.74, 6) is 0.613. The molecule has 1 aromatic carbocycles. The highest BCUT2D eigenvalue weighted by Gasteiger charge is 2.30. The van der Waals surface area contributed by atoms with Gasteiger partial charge in [-0.15, -0.1) is 0 Å². The van der Waals surface area contributed by atoms with E-state index in [1.165, 1.54) is 12.8 Å². The van der Waals surface area contributed by atoms with Crippen molar-refractivity contribution in [3.63, 3.8) is 0 Å². The molecule has 1 aromatic rings. The van der Waals surface area contributed by atoms with Gasteiger partial charge in [0.2, 0.25) is 0 Å². The number of benzene rings is 1. The van der Waals surface area contributed by atoms with E-state index in [-0.39, 0.29) is 5.82 Å². The molecule has 0 bridgehead atoms. The van der Waals surface area contributed by atoms with E-state index in [4.69, 9.17) is 5.73 Å². The van der Waals surface area contributed by atoms with Crippen LogP contribution in [0.4, 0.5) is 10.1 Å². The summed E-state index contributed by atoms with van der Waals surface area (Å²) in [6.07, 6.45) is 3.34. The Morgan fingerprint density at radius 2 is 2.12 bits per heavy atom. The van der Waals surface area contributed by atoms with Crippen LogP contribution < -0.4 is 10.6 Å². The van der Waals surface area contributed by atoms with E-state index < -0.39 is 0 Å². The lowest BCUT2D eigenvalue weighted by Gasteiger charge is -2.27. The van der Waals surface area contributed by atoms with E-state index >= 15 is 0 Å². The lowest BCUT2D eigenvalue weighted by molar-refractivity contribution is 0.599. The molecule has 0 spiro atoms. The summed E-state index contributed by atoms with van der Waals surface area (Å²) in [6, 6.07) is 5.72. The van der Waals surface area contributed by atoms with Gasteiger partial charge in [-0.3, -0.25) is 0 Å².